The lowest BCUT2D eigenvalue weighted by atomic mass is 9.33. The number of ether oxygens (including phenoxy) is 7. The van der Waals surface area contributed by atoms with Crippen LogP contribution in [0.4, 0.5) is 0 Å². The minimum absolute atomic E-state index is 0.0337. The predicted octanol–water partition coefficient (Wildman–Crippen LogP) is 1.48. The molecule has 0 spiro atoms. The fourth-order valence-corrected chi connectivity index (χ4v) is 13.8. The maximum Gasteiger partial charge on any atom is 0.337 e. The average molecular weight is 881 g/mol. The van der Waals surface area contributed by atoms with E-state index in [2.05, 4.69) is 32.4 Å². The summed E-state index contributed by atoms with van der Waals surface area (Å²) in [6.45, 7) is 12.5. The minimum atomic E-state index is -1.97. The first-order valence-electron chi connectivity index (χ1n) is 22.1. The first kappa shape index (κ1) is 47.4. The average Bonchev–Trinajstić information content (AvgIpc) is 3.24. The zero-order valence-corrected chi connectivity index (χ0v) is 37.4. The van der Waals surface area contributed by atoms with Crippen molar-refractivity contribution >= 4 is 23.7 Å². The van der Waals surface area contributed by atoms with E-state index in [0.717, 1.165) is 45.5 Å². The summed E-state index contributed by atoms with van der Waals surface area (Å²) in [5.74, 6) is -2.94. The van der Waals surface area contributed by atoms with E-state index < -0.39 is 107 Å². The van der Waals surface area contributed by atoms with Crippen molar-refractivity contribution in [3.8, 4) is 0 Å². The van der Waals surface area contributed by atoms with Crippen LogP contribution >= 0.6 is 0 Å². The molecule has 2 saturated heterocycles. The Kier molecular flexibility index (Phi) is 12.5. The van der Waals surface area contributed by atoms with Crippen molar-refractivity contribution in [2.45, 2.75) is 167 Å². The molecule has 7 rings (SSSR count). The number of aliphatic hydroxyl groups excluding tert-OH is 6. The number of hydrogen-bond donors (Lipinski definition) is 6. The van der Waals surface area contributed by atoms with Gasteiger partial charge in [0.15, 0.2) is 30.6 Å². The van der Waals surface area contributed by atoms with E-state index in [9.17, 15) is 45.0 Å². The smallest absolute Gasteiger partial charge is 0.337 e. The lowest BCUT2D eigenvalue weighted by Gasteiger charge is -2.70. The Labute approximate surface area is 362 Å². The van der Waals surface area contributed by atoms with Crippen LogP contribution in [0.2, 0.25) is 0 Å². The second-order valence-corrected chi connectivity index (χ2v) is 21.0. The molecule has 0 radical (unpaired) electrons. The van der Waals surface area contributed by atoms with Gasteiger partial charge in [-0.25, -0.2) is 9.59 Å². The van der Waals surface area contributed by atoms with Crippen molar-refractivity contribution in [2.75, 3.05) is 27.9 Å². The number of carbonyl (C=O) groups is 4. The van der Waals surface area contributed by atoms with Crippen LogP contribution in [0, 0.1) is 50.2 Å². The van der Waals surface area contributed by atoms with Crippen molar-refractivity contribution in [3.63, 3.8) is 0 Å². The molecule has 6 fully saturated rings. The van der Waals surface area contributed by atoms with Crippen LogP contribution in [0.15, 0.2) is 11.6 Å². The normalized spacial score (nSPS) is 51.3. The molecule has 4 saturated carbocycles. The molecular weight excluding hydrogens is 812 g/mol. The standard InChI is InChI=1S/C45H68O17/c1-40-14-15-41(2,39(55)58-9)19-22(40)21-18-23(47)34-42(3)12-11-25(43(4,20-46)24(42)10-13-45(34,6)44(21,5)17-16-40)59-38-33(29(51)28(50)32(61-38)36(54)57-8)62-37-30(52)26(48)27(49)31(60-37)35(53)56-7/h18,22,24-34,37-38,46,48-52H,10-17,19-20H2,1-9H3/t22-,24-,25+,26+,27+,28+,29+,30-,31+,32+,33-,34-,37+,38+,40-,41-,42+,43-,44-,45-/m1/s1. The Morgan fingerprint density at radius 2 is 1.31 bits per heavy atom. The third kappa shape index (κ3) is 6.93. The largest absolute Gasteiger partial charge is 0.469 e. The van der Waals surface area contributed by atoms with Gasteiger partial charge in [-0.05, 0) is 104 Å². The van der Waals surface area contributed by atoms with Crippen LogP contribution in [0.1, 0.15) is 99.3 Å². The molecule has 2 heterocycles. The Bertz CT molecular complexity index is 1810. The van der Waals surface area contributed by atoms with Crippen molar-refractivity contribution in [1.29, 1.82) is 0 Å². The quantitative estimate of drug-likeness (QED) is 0.115. The van der Waals surface area contributed by atoms with Gasteiger partial charge in [-0.1, -0.05) is 40.2 Å². The summed E-state index contributed by atoms with van der Waals surface area (Å²) in [7, 11) is 3.53. The molecule has 17 heteroatoms. The Morgan fingerprint density at radius 3 is 1.90 bits per heavy atom. The molecular formula is C45H68O17. The number of rotatable bonds is 8. The molecule has 5 aliphatic carbocycles. The number of fused-ring (bicyclic) bond motifs is 7. The van der Waals surface area contributed by atoms with Gasteiger partial charge in [0.2, 0.25) is 0 Å². The van der Waals surface area contributed by atoms with Gasteiger partial charge in [0.1, 0.15) is 36.6 Å². The molecule has 0 aromatic rings. The molecule has 0 unspecified atom stereocenters. The summed E-state index contributed by atoms with van der Waals surface area (Å²) >= 11 is 0. The molecule has 6 N–H and O–H groups in total. The zero-order valence-electron chi connectivity index (χ0n) is 37.4. The maximum absolute atomic E-state index is 15.0. The topological polar surface area (TPSA) is 254 Å². The molecule has 7 aliphatic rings. The van der Waals surface area contributed by atoms with E-state index in [0.29, 0.717) is 32.1 Å². The molecule has 2 aliphatic heterocycles. The second kappa shape index (κ2) is 16.4. The highest BCUT2D eigenvalue weighted by atomic mass is 16.8. The fraction of sp³-hybridized carbons (Fsp3) is 0.867. The van der Waals surface area contributed by atoms with E-state index >= 15 is 4.79 Å². The van der Waals surface area contributed by atoms with Crippen molar-refractivity contribution in [2.24, 2.45) is 50.2 Å². The third-order valence-electron chi connectivity index (χ3n) is 17.9. The first-order valence-corrected chi connectivity index (χ1v) is 22.1. The van der Waals surface area contributed by atoms with Crippen LogP contribution in [0.5, 0.6) is 0 Å². The minimum Gasteiger partial charge on any atom is -0.469 e. The number of aliphatic hydroxyl groups is 6. The van der Waals surface area contributed by atoms with E-state index in [1.165, 1.54) is 7.11 Å². The maximum atomic E-state index is 15.0. The molecule has 0 aromatic heterocycles. The summed E-state index contributed by atoms with van der Waals surface area (Å²) in [6, 6.07) is 0. The van der Waals surface area contributed by atoms with E-state index in [-0.39, 0.29) is 41.0 Å². The fourth-order valence-electron chi connectivity index (χ4n) is 13.8. The van der Waals surface area contributed by atoms with E-state index in [4.69, 9.17) is 28.4 Å². The highest BCUT2D eigenvalue weighted by Crippen LogP contribution is 2.75. The highest BCUT2D eigenvalue weighted by Gasteiger charge is 2.71. The molecule has 62 heavy (non-hydrogen) atoms. The van der Waals surface area contributed by atoms with E-state index in [1.54, 1.807) is 0 Å². The Morgan fingerprint density at radius 1 is 0.710 bits per heavy atom. The van der Waals surface area contributed by atoms with Gasteiger partial charge >= 0.3 is 17.9 Å². The molecule has 20 atom stereocenters. The third-order valence-corrected chi connectivity index (χ3v) is 17.9. The van der Waals surface area contributed by atoms with Crippen molar-refractivity contribution < 1.29 is 83.0 Å². The van der Waals surface area contributed by atoms with Crippen molar-refractivity contribution in [3.05, 3.63) is 11.6 Å². The highest BCUT2D eigenvalue weighted by molar-refractivity contribution is 5.95. The molecule has 350 valence electrons. The van der Waals surface area contributed by atoms with Gasteiger partial charge in [-0.3, -0.25) is 9.59 Å². The molecule has 17 nitrogen and oxygen atoms in total. The predicted molar refractivity (Wildman–Crippen MR) is 214 cm³/mol. The molecule has 0 bridgehead atoms. The molecule has 0 amide bonds. The lowest BCUT2D eigenvalue weighted by molar-refractivity contribution is -0.372. The van der Waals surface area contributed by atoms with Crippen molar-refractivity contribution in [1.82, 2.24) is 0 Å². The zero-order chi connectivity index (χ0) is 45.7. The number of hydrogen-bond acceptors (Lipinski definition) is 17. The van der Waals surface area contributed by atoms with Crippen LogP contribution in [-0.4, -0.2) is 150 Å². The monoisotopic (exact) mass is 880 g/mol. The summed E-state index contributed by atoms with van der Waals surface area (Å²) in [4.78, 5) is 53.4. The summed E-state index contributed by atoms with van der Waals surface area (Å²) in [6.07, 6.45) is -11.4. The Hall–Kier alpha value is -2.58. The number of esters is 3. The number of ketones is 1. The summed E-state index contributed by atoms with van der Waals surface area (Å²) in [5, 5.41) is 65.9. The van der Waals surface area contributed by atoms with Gasteiger partial charge in [0.05, 0.1) is 39.5 Å². The summed E-state index contributed by atoms with van der Waals surface area (Å²) in [5.41, 5.74) is -2.02. The number of methoxy groups -OCH3 is 3. The Balaban J connectivity index is 1.20. The van der Waals surface area contributed by atoms with Gasteiger partial charge in [0, 0.05) is 11.3 Å². The SMILES string of the molecule is COC(=O)[C@H]1O[C@@H](O[C@H]2[C@@H](O[C@H]3CC[C@@]4(C)[C@@H](CC[C@]5(C)[C@@H]4C(=O)C=C4[C@H]6C[C@](C)(C(=O)OC)CC[C@]6(C)CC[C@]45C)[C@@]3(C)CO)O[C@H](C(=O)OC)[C@@H](O)[C@@H]2O)[C@H](O)[C@@H](O)[C@@H]1O. The first-order chi connectivity index (χ1) is 28.9. The van der Waals surface area contributed by atoms with E-state index in [1.807, 2.05) is 19.9 Å². The number of carbonyl (C=O) groups excluding carboxylic acids is 4. The van der Waals surface area contributed by atoms with Crippen LogP contribution in [0.3, 0.4) is 0 Å². The van der Waals surface area contributed by atoms with Gasteiger partial charge in [-0.2, -0.15) is 0 Å². The van der Waals surface area contributed by atoms with Gasteiger partial charge < -0.3 is 63.8 Å². The molecule has 0 aromatic carbocycles. The second-order valence-electron chi connectivity index (χ2n) is 21.0. The number of allylic oxidation sites excluding steroid dienone is 2. The lowest BCUT2D eigenvalue weighted by Crippen LogP contribution is -2.69. The summed E-state index contributed by atoms with van der Waals surface area (Å²) < 4.78 is 38.9. The van der Waals surface area contributed by atoms with Crippen LogP contribution in [0.25, 0.3) is 0 Å². The van der Waals surface area contributed by atoms with Crippen LogP contribution in [-0.2, 0) is 52.3 Å². The van der Waals surface area contributed by atoms with Crippen LogP contribution < -0.4 is 0 Å². The van der Waals surface area contributed by atoms with Gasteiger partial charge in [0.25, 0.3) is 0 Å². The van der Waals surface area contributed by atoms with Gasteiger partial charge in [-0.15, -0.1) is 0 Å².